The van der Waals surface area contributed by atoms with Crippen LogP contribution >= 0.6 is 47.0 Å². The monoisotopic (exact) mass is 1600 g/mol. The normalized spacial score (nSPS) is 17.8. The van der Waals surface area contributed by atoms with E-state index in [9.17, 15) is 43.8 Å². The predicted octanol–water partition coefficient (Wildman–Crippen LogP) is 12.1. The number of thiocarbonyl (C=S) groups is 1. The highest BCUT2D eigenvalue weighted by Gasteiger charge is 2.36. The van der Waals surface area contributed by atoms with E-state index in [1.807, 2.05) is 122 Å². The maximum atomic E-state index is 12.0. The number of allylic oxidation sites excluding steroid dienone is 1. The number of ketones is 1. The molecule has 12 aromatic rings. The number of aromatic nitrogens is 5. The second kappa shape index (κ2) is 34.3. The van der Waals surface area contributed by atoms with Crippen LogP contribution in [-0.2, 0) is 56.1 Å². The van der Waals surface area contributed by atoms with Gasteiger partial charge in [0.15, 0.2) is 10.9 Å². The molecular formula is C84H82Cl3N15O10S. The number of hydrogen-bond acceptors (Lipinski definition) is 15. The Balaban J connectivity index is 0.000000126. The Kier molecular flexibility index (Phi) is 24.2. The predicted molar refractivity (Wildman–Crippen MR) is 446 cm³/mol. The van der Waals surface area contributed by atoms with Crippen molar-refractivity contribution in [2.45, 2.75) is 76.2 Å². The number of phenols is 1. The number of aromatic amines is 5. The molecule has 580 valence electrons. The van der Waals surface area contributed by atoms with Gasteiger partial charge in [-0.3, -0.25) is 33.7 Å². The number of hydrogen-bond donors (Lipinski definition) is 13. The Morgan fingerprint density at radius 2 is 0.850 bits per heavy atom. The third kappa shape index (κ3) is 17.7. The number of aromatic hydroxyl groups is 2. The van der Waals surface area contributed by atoms with Gasteiger partial charge < -0.3 is 86.2 Å². The maximum Gasteiger partial charge on any atom is 0.351 e. The molecular weight excluding hydrogens is 1520 g/mol. The lowest BCUT2D eigenvalue weighted by Crippen LogP contribution is -2.31. The summed E-state index contributed by atoms with van der Waals surface area (Å²) >= 11 is 23.5. The quantitative estimate of drug-likeness (QED) is 0.0290. The van der Waals surface area contributed by atoms with Crippen LogP contribution in [-0.4, -0.2) is 154 Å². The average Bonchev–Trinajstić information content (AvgIpc) is 1.65. The van der Waals surface area contributed by atoms with Gasteiger partial charge in [-0.05, 0) is 114 Å². The summed E-state index contributed by atoms with van der Waals surface area (Å²) in [5, 5.41) is 45.2. The largest absolute Gasteiger partial charge is 0.508 e. The topological polar surface area (TPSA) is 337 Å². The molecule has 5 fully saturated rings. The molecule has 0 spiro atoms. The number of halogens is 3. The molecule has 5 amide bonds. The second-order valence-corrected chi connectivity index (χ2v) is 29.1. The van der Waals surface area contributed by atoms with E-state index < -0.39 is 22.7 Å². The Hall–Kier alpha value is -12.8. The fraction of sp³-hybridized carbons (Fsp3) is 0.190. The lowest BCUT2D eigenvalue weighted by molar-refractivity contribution is -0.127. The Morgan fingerprint density at radius 3 is 1.22 bits per heavy atom. The molecule has 0 aliphatic carbocycles. The number of H-pyrrole nitrogens is 5. The van der Waals surface area contributed by atoms with Crippen LogP contribution in [0.25, 0.3) is 60.6 Å². The second-order valence-electron chi connectivity index (χ2n) is 27.5. The fourth-order valence-electron chi connectivity index (χ4n) is 13.7. The molecule has 5 atom stereocenters. The molecule has 11 heterocycles. The summed E-state index contributed by atoms with van der Waals surface area (Å²) in [4.78, 5) is 105. The van der Waals surface area contributed by atoms with Crippen LogP contribution in [0.5, 0.6) is 11.5 Å². The van der Waals surface area contributed by atoms with Gasteiger partial charge in [-0.1, -0.05) is 146 Å². The molecule has 25 nitrogen and oxygen atoms in total. The van der Waals surface area contributed by atoms with Gasteiger partial charge in [-0.25, -0.2) is 4.79 Å². The number of nitrogens with zero attached hydrogens (tertiary/aromatic N) is 4. The maximum absolute atomic E-state index is 12.0. The van der Waals surface area contributed by atoms with Crippen molar-refractivity contribution in [2.24, 2.45) is 0 Å². The summed E-state index contributed by atoms with van der Waals surface area (Å²) in [6, 6.07) is 38.3. The van der Waals surface area contributed by atoms with Gasteiger partial charge in [0.2, 0.25) is 5.91 Å². The lowest BCUT2D eigenvalue weighted by Gasteiger charge is -2.07. The Labute approximate surface area is 669 Å². The number of carbonyl (C=O) groups is 6. The molecule has 0 saturated carbocycles. The van der Waals surface area contributed by atoms with E-state index in [4.69, 9.17) is 51.4 Å². The summed E-state index contributed by atoms with van der Waals surface area (Å²) < 4.78 is 4.79. The van der Waals surface area contributed by atoms with Gasteiger partial charge in [-0.2, -0.15) is 0 Å². The molecule has 29 heteroatoms. The number of benzene rings is 6. The highest BCUT2D eigenvalue weighted by molar-refractivity contribution is 7.80. The first kappa shape index (κ1) is 79.8. The van der Waals surface area contributed by atoms with Crippen LogP contribution < -0.4 is 37.5 Å². The Morgan fingerprint density at radius 1 is 0.469 bits per heavy atom. The van der Waals surface area contributed by atoms with Gasteiger partial charge in [0.25, 0.3) is 23.6 Å². The minimum atomic E-state index is -0.871. The number of nitrogens with one attached hydrogen (secondary N) is 11. The SMILES string of the molecule is C=C1NC(=O)C(Cc2c[nH]c3ccccc23)N1.C=C1NC(Cc2c[nH]c3c(Cl)cccc23)C(=O)N1C.C=C1NC(Cc2c[nH]c3c(Cl)cccc23)C(=O)N1C.C=C1N[C@H](Cc2c[nH]c3c(Cl)cccc23)C(=O)N1C.CN1C(=O)C(Cc2c[nH]c3ccccc23)NC1=S.Cc1cc(O)c(C(=O)/C=C/c2ccc(O)c(C)c2)c(=O)o1. The van der Waals surface area contributed by atoms with Gasteiger partial charge in [0.05, 0.1) is 37.4 Å². The summed E-state index contributed by atoms with van der Waals surface area (Å²) in [6.45, 7) is 18.4. The van der Waals surface area contributed by atoms with Gasteiger partial charge >= 0.3 is 5.63 Å². The zero-order valence-electron chi connectivity index (χ0n) is 62.4. The van der Waals surface area contributed by atoms with E-state index in [2.05, 4.69) is 95.3 Å². The van der Waals surface area contributed by atoms with Crippen molar-refractivity contribution in [3.8, 4) is 11.5 Å². The number of para-hydroxylation sites is 5. The first-order chi connectivity index (χ1) is 54.0. The molecule has 6 aromatic carbocycles. The number of fused-ring (bicyclic) bond motifs is 5. The van der Waals surface area contributed by atoms with Crippen molar-refractivity contribution in [1.82, 2.24) is 76.4 Å². The molecule has 5 aliphatic rings. The van der Waals surface area contributed by atoms with Crippen LogP contribution in [0.15, 0.2) is 223 Å². The summed E-state index contributed by atoms with van der Waals surface area (Å²) in [6.07, 6.45) is 15.5. The van der Waals surface area contributed by atoms with Gasteiger partial charge in [0.1, 0.15) is 70.5 Å². The highest BCUT2D eigenvalue weighted by Crippen LogP contribution is 2.32. The number of amides is 5. The fourth-order valence-corrected chi connectivity index (χ4v) is 14.6. The minimum absolute atomic E-state index is 0.0136. The molecule has 113 heavy (non-hydrogen) atoms. The number of aryl methyl sites for hydroxylation is 2. The molecule has 5 aliphatic heterocycles. The van der Waals surface area contributed by atoms with E-state index in [0.29, 0.717) is 86.7 Å². The third-order valence-electron chi connectivity index (χ3n) is 20.0. The van der Waals surface area contributed by atoms with Crippen molar-refractivity contribution in [1.29, 1.82) is 0 Å². The van der Waals surface area contributed by atoms with Crippen molar-refractivity contribution >= 4 is 148 Å². The molecule has 17 rings (SSSR count). The van der Waals surface area contributed by atoms with Crippen molar-refractivity contribution in [3.63, 3.8) is 0 Å². The average molecular weight is 1600 g/mol. The summed E-state index contributed by atoms with van der Waals surface area (Å²) in [7, 11) is 6.88. The minimum Gasteiger partial charge on any atom is -0.508 e. The van der Waals surface area contributed by atoms with Crippen LogP contribution in [0.2, 0.25) is 15.1 Å². The molecule has 4 unspecified atom stereocenters. The smallest absolute Gasteiger partial charge is 0.351 e. The van der Waals surface area contributed by atoms with Crippen molar-refractivity contribution in [2.75, 3.05) is 28.2 Å². The number of likely N-dealkylation sites (N-methyl/N-ethyl adjacent to an activating group) is 4. The molecule has 0 bridgehead atoms. The van der Waals surface area contributed by atoms with E-state index in [1.165, 1.54) is 41.5 Å². The van der Waals surface area contributed by atoms with E-state index in [0.717, 1.165) is 76.9 Å². The third-order valence-corrected chi connectivity index (χ3v) is 21.3. The van der Waals surface area contributed by atoms with E-state index in [-0.39, 0.29) is 71.3 Å². The van der Waals surface area contributed by atoms with Gasteiger partial charge in [-0.15, -0.1) is 0 Å². The summed E-state index contributed by atoms with van der Waals surface area (Å²) in [5.74, 6) is 2.01. The molecule has 5 saturated heterocycles. The Bertz CT molecular complexity index is 5610. The highest BCUT2D eigenvalue weighted by atomic mass is 35.5. The lowest BCUT2D eigenvalue weighted by atomic mass is 10.1. The summed E-state index contributed by atoms with van der Waals surface area (Å²) in [5.41, 5.74) is 10.5. The number of carbonyl (C=O) groups excluding carboxylic acids is 6. The standard InChI is InChI=1S/C16H14O5.3C14H14ClN3O.C13H13N3OS.C13H13N3O/c1-9-7-11(3-5-12(9)17)4-6-13(18)15-14(19)8-10(2)21-16(15)20;3*1-8-17-12(14(19)18(8)2)6-9-7-16-13-10(9)4-3-5-11(13)15;1-16-12(17)11(15-13(16)18)6-8-7-14-10-5-3-2-4-9(8)10;1-8-15-12(13(17)16-8)6-9-7-14-11-5-3-2-4-10(9)11/h3-8,17,19H,1-2H3;3*3-5,7,12,16-17H,1,6H2,2H3;2-5,7,11,14H,6H2,1H3,(H,15,18);2-5,7,12,14-15H,1,6H2,(H,16,17)/b6-4+;;;;;/t;12-;;;;/m.1..../s1. The first-order valence-corrected chi connectivity index (χ1v) is 37.3. The molecule has 13 N–H and O–H groups in total. The van der Waals surface area contributed by atoms with Crippen molar-refractivity contribution < 1.29 is 43.4 Å². The van der Waals surface area contributed by atoms with Gasteiger partial charge in [0, 0.05) is 135 Å². The van der Waals surface area contributed by atoms with E-state index >= 15 is 0 Å². The molecule has 0 radical (unpaired) electrons. The van der Waals surface area contributed by atoms with Crippen LogP contribution in [0.1, 0.15) is 55.1 Å². The van der Waals surface area contributed by atoms with Crippen LogP contribution in [0, 0.1) is 13.8 Å². The zero-order valence-corrected chi connectivity index (χ0v) is 65.5. The zero-order chi connectivity index (χ0) is 80.8. The van der Waals surface area contributed by atoms with Crippen LogP contribution in [0.3, 0.4) is 0 Å². The van der Waals surface area contributed by atoms with Crippen LogP contribution in [0.4, 0.5) is 0 Å². The van der Waals surface area contributed by atoms with E-state index in [1.54, 1.807) is 61.9 Å². The molecule has 6 aromatic heterocycles. The number of phenolic OH excluding ortho intramolecular Hbond substituents is 1. The van der Waals surface area contributed by atoms with Crippen molar-refractivity contribution in [3.05, 3.63) is 290 Å². The number of rotatable bonds is 13. The first-order valence-electron chi connectivity index (χ1n) is 35.7.